The molecule has 0 aliphatic heterocycles. The molecule has 0 spiro atoms. The summed E-state index contributed by atoms with van der Waals surface area (Å²) in [7, 11) is 0. The Bertz CT molecular complexity index is 1290. The maximum absolute atomic E-state index is 13.2. The molecule has 1 aromatic heterocycles. The van der Waals surface area contributed by atoms with Crippen LogP contribution in [0.2, 0.25) is 10.0 Å². The van der Waals surface area contributed by atoms with Crippen molar-refractivity contribution in [2.45, 2.75) is 20.1 Å². The van der Waals surface area contributed by atoms with Crippen molar-refractivity contribution < 1.29 is 13.9 Å². The molecule has 168 valence electrons. The molecule has 0 aliphatic carbocycles. The van der Waals surface area contributed by atoms with Gasteiger partial charge in [0, 0.05) is 21.8 Å². The molecular formula is C25H20Cl2FN3O2. The summed E-state index contributed by atoms with van der Waals surface area (Å²) in [6.45, 7) is 2.66. The van der Waals surface area contributed by atoms with Crippen molar-refractivity contribution >= 4 is 34.8 Å². The summed E-state index contributed by atoms with van der Waals surface area (Å²) in [6.07, 6.45) is 3.24. The molecular weight excluding hydrogens is 464 g/mol. The SMILES string of the molecule is Cc1cc(OCc2ccc(C(=O)Nc3cnn(Cc4ccc(F)cc4Cl)c3)cc2)ccc1Cl. The Kier molecular flexibility index (Phi) is 6.96. The van der Waals surface area contributed by atoms with E-state index in [1.54, 1.807) is 41.3 Å². The second-order valence-electron chi connectivity index (χ2n) is 7.51. The predicted octanol–water partition coefficient (Wildman–Crippen LogP) is 6.52. The molecule has 0 atom stereocenters. The Labute approximate surface area is 200 Å². The first-order valence-corrected chi connectivity index (χ1v) is 10.9. The van der Waals surface area contributed by atoms with Crippen LogP contribution in [0.4, 0.5) is 10.1 Å². The maximum Gasteiger partial charge on any atom is 0.255 e. The Morgan fingerprint density at radius 3 is 2.58 bits per heavy atom. The van der Waals surface area contributed by atoms with Crippen molar-refractivity contribution in [3.63, 3.8) is 0 Å². The van der Waals surface area contributed by atoms with E-state index in [4.69, 9.17) is 27.9 Å². The van der Waals surface area contributed by atoms with Crippen LogP contribution >= 0.6 is 23.2 Å². The number of nitrogens with one attached hydrogen (secondary N) is 1. The van der Waals surface area contributed by atoms with Gasteiger partial charge in [0.05, 0.1) is 18.4 Å². The van der Waals surface area contributed by atoms with Gasteiger partial charge in [-0.3, -0.25) is 9.48 Å². The van der Waals surface area contributed by atoms with Gasteiger partial charge in [0.15, 0.2) is 0 Å². The Morgan fingerprint density at radius 2 is 1.85 bits per heavy atom. The fraction of sp³-hybridized carbons (Fsp3) is 0.120. The van der Waals surface area contributed by atoms with Crippen molar-refractivity contribution in [1.29, 1.82) is 0 Å². The molecule has 1 amide bonds. The highest BCUT2D eigenvalue weighted by atomic mass is 35.5. The van der Waals surface area contributed by atoms with Gasteiger partial charge in [0.1, 0.15) is 18.2 Å². The van der Waals surface area contributed by atoms with E-state index in [2.05, 4.69) is 10.4 Å². The Balaban J connectivity index is 1.33. The minimum atomic E-state index is -0.394. The molecule has 5 nitrogen and oxygen atoms in total. The van der Waals surface area contributed by atoms with Crippen LogP contribution in [0.15, 0.2) is 73.1 Å². The summed E-state index contributed by atoms with van der Waals surface area (Å²) >= 11 is 12.1. The Morgan fingerprint density at radius 1 is 1.06 bits per heavy atom. The number of hydrogen-bond donors (Lipinski definition) is 1. The highest BCUT2D eigenvalue weighted by molar-refractivity contribution is 6.31. The number of benzene rings is 3. The molecule has 33 heavy (non-hydrogen) atoms. The molecule has 0 bridgehead atoms. The van der Waals surface area contributed by atoms with Crippen LogP contribution in [0.5, 0.6) is 5.75 Å². The minimum absolute atomic E-state index is 0.254. The smallest absolute Gasteiger partial charge is 0.255 e. The fourth-order valence-electron chi connectivity index (χ4n) is 3.17. The standard InChI is InChI=1S/C25H20Cl2FN3O2/c1-16-10-22(8-9-23(16)26)33-15-17-2-4-18(5-3-17)25(32)30-21-12-29-31(14-21)13-19-6-7-20(28)11-24(19)27/h2-12,14H,13,15H2,1H3,(H,30,32). The number of amides is 1. The van der Waals surface area contributed by atoms with E-state index in [1.807, 2.05) is 31.2 Å². The topological polar surface area (TPSA) is 56.1 Å². The molecule has 0 saturated heterocycles. The van der Waals surface area contributed by atoms with E-state index in [9.17, 15) is 9.18 Å². The summed E-state index contributed by atoms with van der Waals surface area (Å²) in [5, 5.41) is 8.07. The molecule has 0 saturated carbocycles. The van der Waals surface area contributed by atoms with Gasteiger partial charge in [-0.05, 0) is 66.1 Å². The monoisotopic (exact) mass is 483 g/mol. The van der Waals surface area contributed by atoms with Gasteiger partial charge in [-0.25, -0.2) is 4.39 Å². The zero-order chi connectivity index (χ0) is 23.4. The third kappa shape index (κ3) is 5.92. The lowest BCUT2D eigenvalue weighted by molar-refractivity contribution is 0.102. The van der Waals surface area contributed by atoms with Crippen LogP contribution in [0.25, 0.3) is 0 Å². The van der Waals surface area contributed by atoms with Gasteiger partial charge >= 0.3 is 0 Å². The molecule has 8 heteroatoms. The lowest BCUT2D eigenvalue weighted by atomic mass is 10.1. The van der Waals surface area contributed by atoms with Crippen LogP contribution < -0.4 is 10.1 Å². The average molecular weight is 484 g/mol. The number of rotatable bonds is 7. The third-order valence-electron chi connectivity index (χ3n) is 4.99. The predicted molar refractivity (Wildman–Crippen MR) is 128 cm³/mol. The lowest BCUT2D eigenvalue weighted by Gasteiger charge is -2.09. The van der Waals surface area contributed by atoms with E-state index in [-0.39, 0.29) is 5.91 Å². The molecule has 0 aliphatic rings. The first-order chi connectivity index (χ1) is 15.9. The number of aryl methyl sites for hydroxylation is 1. The van der Waals surface area contributed by atoms with Crippen molar-refractivity contribution in [1.82, 2.24) is 9.78 Å². The zero-order valence-electron chi connectivity index (χ0n) is 17.7. The van der Waals surface area contributed by atoms with Gasteiger partial charge in [-0.2, -0.15) is 5.10 Å². The number of ether oxygens (including phenoxy) is 1. The number of nitrogens with zero attached hydrogens (tertiary/aromatic N) is 2. The maximum atomic E-state index is 13.2. The summed E-state index contributed by atoms with van der Waals surface area (Å²) in [4.78, 5) is 12.6. The number of aromatic nitrogens is 2. The summed E-state index contributed by atoms with van der Waals surface area (Å²) in [6, 6.07) is 16.9. The summed E-state index contributed by atoms with van der Waals surface area (Å²) in [5.41, 5.74) is 3.67. The molecule has 3 aromatic carbocycles. The number of carbonyl (C=O) groups excluding carboxylic acids is 1. The largest absolute Gasteiger partial charge is 0.489 e. The van der Waals surface area contributed by atoms with Gasteiger partial charge in [-0.15, -0.1) is 0 Å². The average Bonchev–Trinajstić information content (AvgIpc) is 3.23. The van der Waals surface area contributed by atoms with Gasteiger partial charge < -0.3 is 10.1 Å². The molecule has 4 aromatic rings. The summed E-state index contributed by atoms with van der Waals surface area (Å²) < 4.78 is 20.6. The number of anilines is 1. The fourth-order valence-corrected chi connectivity index (χ4v) is 3.51. The molecule has 4 rings (SSSR count). The van der Waals surface area contributed by atoms with Gasteiger partial charge in [0.2, 0.25) is 0 Å². The highest BCUT2D eigenvalue weighted by Gasteiger charge is 2.10. The summed E-state index contributed by atoms with van der Waals surface area (Å²) in [5.74, 6) is 0.0858. The lowest BCUT2D eigenvalue weighted by Crippen LogP contribution is -2.11. The molecule has 1 N–H and O–H groups in total. The van der Waals surface area contributed by atoms with E-state index in [0.717, 1.165) is 22.4 Å². The molecule has 0 unspecified atom stereocenters. The van der Waals surface area contributed by atoms with Gasteiger partial charge in [-0.1, -0.05) is 41.4 Å². The first kappa shape index (κ1) is 22.8. The van der Waals surface area contributed by atoms with Crippen LogP contribution in [0, 0.1) is 12.7 Å². The van der Waals surface area contributed by atoms with Gasteiger partial charge in [0.25, 0.3) is 5.91 Å². The van der Waals surface area contributed by atoms with Crippen LogP contribution in [-0.4, -0.2) is 15.7 Å². The number of hydrogen-bond acceptors (Lipinski definition) is 3. The van der Waals surface area contributed by atoms with E-state index < -0.39 is 5.82 Å². The highest BCUT2D eigenvalue weighted by Crippen LogP contribution is 2.22. The minimum Gasteiger partial charge on any atom is -0.489 e. The van der Waals surface area contributed by atoms with Crippen molar-refractivity contribution in [3.8, 4) is 5.75 Å². The van der Waals surface area contributed by atoms with Crippen LogP contribution in [-0.2, 0) is 13.2 Å². The van der Waals surface area contributed by atoms with E-state index in [0.29, 0.717) is 34.4 Å². The van der Waals surface area contributed by atoms with E-state index >= 15 is 0 Å². The van der Waals surface area contributed by atoms with Crippen molar-refractivity contribution in [2.24, 2.45) is 0 Å². The second kappa shape index (κ2) is 10.1. The van der Waals surface area contributed by atoms with Crippen LogP contribution in [0.3, 0.4) is 0 Å². The Hall–Kier alpha value is -3.35. The third-order valence-corrected chi connectivity index (χ3v) is 5.77. The second-order valence-corrected chi connectivity index (χ2v) is 8.33. The number of halogens is 3. The zero-order valence-corrected chi connectivity index (χ0v) is 19.2. The first-order valence-electron chi connectivity index (χ1n) is 10.1. The van der Waals surface area contributed by atoms with Crippen molar-refractivity contribution in [3.05, 3.63) is 111 Å². The molecule has 1 heterocycles. The molecule has 0 radical (unpaired) electrons. The molecule has 0 fully saturated rings. The normalized spacial score (nSPS) is 10.8. The quantitative estimate of drug-likeness (QED) is 0.325. The number of carbonyl (C=O) groups is 1. The van der Waals surface area contributed by atoms with E-state index in [1.165, 1.54) is 12.1 Å². The van der Waals surface area contributed by atoms with Crippen LogP contribution in [0.1, 0.15) is 27.0 Å². The van der Waals surface area contributed by atoms with Crippen molar-refractivity contribution in [2.75, 3.05) is 5.32 Å².